The van der Waals surface area contributed by atoms with E-state index in [0.29, 0.717) is 42.0 Å². The first-order valence-electron chi connectivity index (χ1n) is 7.86. The molecule has 130 valence electrons. The molecule has 3 aromatic rings. The maximum absolute atomic E-state index is 5.83. The monoisotopic (exact) mass is 342 g/mol. The number of furan rings is 1. The van der Waals surface area contributed by atoms with E-state index in [1.165, 1.54) is 0 Å². The van der Waals surface area contributed by atoms with E-state index in [2.05, 4.69) is 0 Å². The molecule has 0 saturated carbocycles. The molecule has 0 radical (unpaired) electrons. The molecule has 1 aliphatic heterocycles. The lowest BCUT2D eigenvalue weighted by Crippen LogP contribution is -2.15. The molecular weight excluding hydrogens is 324 g/mol. The van der Waals surface area contributed by atoms with Crippen molar-refractivity contribution in [2.75, 3.05) is 34.5 Å². The molecule has 2 heterocycles. The van der Waals surface area contributed by atoms with Crippen LogP contribution in [0.25, 0.3) is 22.1 Å². The highest BCUT2D eigenvalue weighted by atomic mass is 16.6. The van der Waals surface area contributed by atoms with Gasteiger partial charge in [-0.2, -0.15) is 0 Å². The number of benzene rings is 2. The second-order valence-electron chi connectivity index (χ2n) is 5.56. The van der Waals surface area contributed by atoms with Crippen molar-refractivity contribution in [3.8, 4) is 40.1 Å². The Balaban J connectivity index is 1.89. The second-order valence-corrected chi connectivity index (χ2v) is 5.56. The summed E-state index contributed by atoms with van der Waals surface area (Å²) in [5.74, 6) is 3.83. The molecule has 0 spiro atoms. The molecule has 0 aliphatic carbocycles. The molecule has 0 bridgehead atoms. The van der Waals surface area contributed by atoms with Crippen LogP contribution in [-0.4, -0.2) is 34.5 Å². The zero-order valence-electron chi connectivity index (χ0n) is 14.3. The third-order valence-corrected chi connectivity index (χ3v) is 4.19. The zero-order valence-corrected chi connectivity index (χ0v) is 14.3. The van der Waals surface area contributed by atoms with Crippen molar-refractivity contribution in [1.29, 1.82) is 0 Å². The van der Waals surface area contributed by atoms with E-state index < -0.39 is 0 Å². The first-order valence-corrected chi connectivity index (χ1v) is 7.86. The second kappa shape index (κ2) is 6.12. The fourth-order valence-corrected chi connectivity index (χ4v) is 3.02. The Morgan fingerprint density at radius 2 is 1.44 bits per heavy atom. The van der Waals surface area contributed by atoms with Gasteiger partial charge in [-0.05, 0) is 24.3 Å². The van der Waals surface area contributed by atoms with Crippen LogP contribution in [0.15, 0.2) is 34.9 Å². The van der Waals surface area contributed by atoms with Crippen LogP contribution in [0.5, 0.6) is 28.7 Å². The number of hydrogen-bond acceptors (Lipinski definition) is 6. The first-order chi connectivity index (χ1) is 12.2. The van der Waals surface area contributed by atoms with Crippen LogP contribution in [0, 0.1) is 0 Å². The molecule has 6 nitrogen and oxygen atoms in total. The Hall–Kier alpha value is -3.02. The highest BCUT2D eigenvalue weighted by Crippen LogP contribution is 2.44. The minimum Gasteiger partial charge on any atom is -0.493 e. The SMILES string of the molecule is COc1cc(-c2occ3cc4c(cc23)OCCO4)cc(OC)c1OC. The van der Waals surface area contributed by atoms with Crippen LogP contribution in [-0.2, 0) is 0 Å². The van der Waals surface area contributed by atoms with Crippen molar-refractivity contribution in [1.82, 2.24) is 0 Å². The molecule has 6 heteroatoms. The molecule has 0 N–H and O–H groups in total. The molecule has 4 rings (SSSR count). The summed E-state index contributed by atoms with van der Waals surface area (Å²) in [7, 11) is 4.75. The summed E-state index contributed by atoms with van der Waals surface area (Å²) >= 11 is 0. The summed E-state index contributed by atoms with van der Waals surface area (Å²) in [6.45, 7) is 1.09. The van der Waals surface area contributed by atoms with Gasteiger partial charge in [-0.15, -0.1) is 0 Å². The topological polar surface area (TPSA) is 59.3 Å². The highest BCUT2D eigenvalue weighted by Gasteiger charge is 2.20. The normalized spacial score (nSPS) is 12.9. The Bertz CT molecular complexity index is 902. The Morgan fingerprint density at radius 3 is 2.04 bits per heavy atom. The standard InChI is InChI=1S/C19H18O6/c1-20-16-6-11(7-17(21-2)19(16)22-3)18-13-9-15-14(23-4-5-24-15)8-12(13)10-25-18/h6-10H,4-5H2,1-3H3. The third kappa shape index (κ3) is 2.50. The Kier molecular flexibility index (Phi) is 3.80. The predicted molar refractivity (Wildman–Crippen MR) is 92.3 cm³/mol. The van der Waals surface area contributed by atoms with Crippen LogP contribution in [0.1, 0.15) is 0 Å². The summed E-state index contributed by atoms with van der Waals surface area (Å²) in [5, 5.41) is 1.87. The van der Waals surface area contributed by atoms with Crippen LogP contribution in [0.2, 0.25) is 0 Å². The number of ether oxygens (including phenoxy) is 5. The fourth-order valence-electron chi connectivity index (χ4n) is 3.02. The van der Waals surface area contributed by atoms with Crippen molar-refractivity contribution in [3.05, 3.63) is 30.5 Å². The Morgan fingerprint density at radius 1 is 0.800 bits per heavy atom. The van der Waals surface area contributed by atoms with E-state index in [4.69, 9.17) is 28.1 Å². The molecule has 0 saturated heterocycles. The summed E-state index contributed by atoms with van der Waals surface area (Å²) in [6, 6.07) is 7.58. The molecule has 0 atom stereocenters. The largest absolute Gasteiger partial charge is 0.493 e. The van der Waals surface area contributed by atoms with Crippen molar-refractivity contribution >= 4 is 10.8 Å². The minimum atomic E-state index is 0.538. The van der Waals surface area contributed by atoms with Crippen LogP contribution in [0.4, 0.5) is 0 Å². The molecule has 0 fully saturated rings. The quantitative estimate of drug-likeness (QED) is 0.717. The van der Waals surface area contributed by atoms with E-state index in [1.807, 2.05) is 24.3 Å². The van der Waals surface area contributed by atoms with E-state index in [9.17, 15) is 0 Å². The molecular formula is C19H18O6. The van der Waals surface area contributed by atoms with Gasteiger partial charge in [0.15, 0.2) is 23.0 Å². The van der Waals surface area contributed by atoms with Gasteiger partial charge in [0.05, 0.1) is 27.6 Å². The average Bonchev–Trinajstić information content (AvgIpc) is 3.07. The van der Waals surface area contributed by atoms with Gasteiger partial charge >= 0.3 is 0 Å². The van der Waals surface area contributed by atoms with Gasteiger partial charge < -0.3 is 28.1 Å². The number of methoxy groups -OCH3 is 3. The number of rotatable bonds is 4. The molecule has 25 heavy (non-hydrogen) atoms. The van der Waals surface area contributed by atoms with Gasteiger partial charge in [0.2, 0.25) is 5.75 Å². The minimum absolute atomic E-state index is 0.538. The lowest BCUT2D eigenvalue weighted by Gasteiger charge is -2.18. The molecule has 2 aromatic carbocycles. The molecule has 0 unspecified atom stereocenters. The summed E-state index contributed by atoms with van der Waals surface area (Å²) in [4.78, 5) is 0. The molecule has 1 aliphatic rings. The maximum atomic E-state index is 5.83. The average molecular weight is 342 g/mol. The van der Waals surface area contributed by atoms with Crippen molar-refractivity contribution < 1.29 is 28.1 Å². The van der Waals surface area contributed by atoms with Gasteiger partial charge in [-0.1, -0.05) is 0 Å². The van der Waals surface area contributed by atoms with Crippen LogP contribution >= 0.6 is 0 Å². The summed E-state index contributed by atoms with van der Waals surface area (Å²) in [6.07, 6.45) is 1.70. The van der Waals surface area contributed by atoms with Crippen LogP contribution < -0.4 is 23.7 Å². The van der Waals surface area contributed by atoms with E-state index in [-0.39, 0.29) is 0 Å². The lowest BCUT2D eigenvalue weighted by molar-refractivity contribution is 0.172. The number of fused-ring (bicyclic) bond motifs is 2. The first kappa shape index (κ1) is 15.5. The third-order valence-electron chi connectivity index (χ3n) is 4.19. The van der Waals surface area contributed by atoms with Crippen molar-refractivity contribution in [3.63, 3.8) is 0 Å². The van der Waals surface area contributed by atoms with Gasteiger partial charge in [0.1, 0.15) is 19.0 Å². The Labute approximate surface area is 144 Å². The zero-order chi connectivity index (χ0) is 17.4. The van der Waals surface area contributed by atoms with E-state index in [0.717, 1.165) is 22.1 Å². The van der Waals surface area contributed by atoms with E-state index >= 15 is 0 Å². The lowest BCUT2D eigenvalue weighted by atomic mass is 10.1. The predicted octanol–water partition coefficient (Wildman–Crippen LogP) is 3.90. The van der Waals surface area contributed by atoms with Gasteiger partial charge in [0.25, 0.3) is 0 Å². The highest BCUT2D eigenvalue weighted by molar-refractivity contribution is 5.97. The molecule has 0 amide bonds. The summed E-state index contributed by atoms with van der Waals surface area (Å²) < 4.78 is 33.4. The van der Waals surface area contributed by atoms with Gasteiger partial charge in [-0.3, -0.25) is 0 Å². The smallest absolute Gasteiger partial charge is 0.203 e. The van der Waals surface area contributed by atoms with Gasteiger partial charge in [0, 0.05) is 16.3 Å². The van der Waals surface area contributed by atoms with Crippen molar-refractivity contribution in [2.45, 2.75) is 0 Å². The fraction of sp³-hybridized carbons (Fsp3) is 0.263. The van der Waals surface area contributed by atoms with E-state index in [1.54, 1.807) is 27.6 Å². The molecule has 1 aromatic heterocycles. The summed E-state index contributed by atoms with van der Waals surface area (Å²) in [5.41, 5.74) is 0.821. The van der Waals surface area contributed by atoms with Crippen molar-refractivity contribution in [2.24, 2.45) is 0 Å². The number of hydrogen-bond donors (Lipinski definition) is 0. The van der Waals surface area contributed by atoms with Crippen LogP contribution in [0.3, 0.4) is 0 Å². The maximum Gasteiger partial charge on any atom is 0.203 e. The van der Waals surface area contributed by atoms with Gasteiger partial charge in [-0.25, -0.2) is 0 Å².